The van der Waals surface area contributed by atoms with Gasteiger partial charge in [-0.05, 0) is 12.1 Å². The second-order valence-electron chi connectivity index (χ2n) is 7.33. The number of halogens is 3. The third kappa shape index (κ3) is 6.25. The quantitative estimate of drug-likeness (QED) is 0.420. The van der Waals surface area contributed by atoms with Crippen molar-refractivity contribution in [3.8, 4) is 11.4 Å². The van der Waals surface area contributed by atoms with Gasteiger partial charge in [-0.2, -0.15) is 18.2 Å². The van der Waals surface area contributed by atoms with Crippen molar-refractivity contribution in [1.82, 2.24) is 15.0 Å². The molecule has 178 valence electrons. The zero-order valence-corrected chi connectivity index (χ0v) is 17.4. The molecule has 0 saturated carbocycles. The molecule has 0 bridgehead atoms. The fourth-order valence-electron chi connectivity index (χ4n) is 3.13. The van der Waals surface area contributed by atoms with Gasteiger partial charge in [-0.25, -0.2) is 9.59 Å². The summed E-state index contributed by atoms with van der Waals surface area (Å²) < 4.78 is 43.8. The van der Waals surface area contributed by atoms with Crippen LogP contribution in [0.25, 0.3) is 11.4 Å². The Morgan fingerprint density at radius 1 is 1.00 bits per heavy atom. The molecule has 1 aromatic heterocycles. The highest BCUT2D eigenvalue weighted by Crippen LogP contribution is 2.32. The van der Waals surface area contributed by atoms with E-state index < -0.39 is 23.7 Å². The number of Topliss-reactive ketones (excluding diaryl/α,β-unsaturated/α-hetero) is 1. The fourth-order valence-corrected chi connectivity index (χ4v) is 3.13. The average Bonchev–Trinajstić information content (AvgIpc) is 3.26. The lowest BCUT2D eigenvalue weighted by atomic mass is 9.99. The Bertz CT molecular complexity index is 1160. The predicted octanol–water partition coefficient (Wildman–Crippen LogP) is 3.19. The van der Waals surface area contributed by atoms with Crippen molar-refractivity contribution in [3.63, 3.8) is 0 Å². The maximum Gasteiger partial charge on any atom is 0.416 e. The molecule has 0 spiro atoms. The highest BCUT2D eigenvalue weighted by molar-refractivity contribution is 6.27. The first-order valence-electron chi connectivity index (χ1n) is 9.82. The molecule has 34 heavy (non-hydrogen) atoms. The summed E-state index contributed by atoms with van der Waals surface area (Å²) in [7, 11) is 0. The number of rotatable bonds is 5. The molecule has 0 radical (unpaired) electrons. The SMILES string of the molecule is O=C(CN1CC(c2nc(-c3cccc(C(F)(F)F)c3)no2)C1)c1ccccc1.O=C(O)C(=O)O. The molecule has 12 heteroatoms. The Morgan fingerprint density at radius 2 is 1.65 bits per heavy atom. The third-order valence-electron chi connectivity index (χ3n) is 4.84. The maximum atomic E-state index is 12.9. The molecule has 1 aliphatic rings. The summed E-state index contributed by atoms with van der Waals surface area (Å²) in [6.07, 6.45) is -4.43. The average molecular weight is 477 g/mol. The van der Waals surface area contributed by atoms with Gasteiger partial charge in [0.25, 0.3) is 0 Å². The number of hydrogen-bond acceptors (Lipinski definition) is 7. The number of nitrogens with zero attached hydrogens (tertiary/aromatic N) is 3. The van der Waals surface area contributed by atoms with Gasteiger partial charge in [0.05, 0.1) is 18.0 Å². The number of aromatic nitrogens is 2. The normalized spacial score (nSPS) is 14.0. The Labute approximate surface area is 190 Å². The molecule has 2 aromatic carbocycles. The van der Waals surface area contributed by atoms with Crippen LogP contribution >= 0.6 is 0 Å². The van der Waals surface area contributed by atoms with E-state index in [0.29, 0.717) is 31.1 Å². The number of aliphatic carboxylic acids is 2. The lowest BCUT2D eigenvalue weighted by Gasteiger charge is -2.36. The molecule has 0 unspecified atom stereocenters. The Kier molecular flexibility index (Phi) is 7.41. The zero-order chi connectivity index (χ0) is 24.9. The highest BCUT2D eigenvalue weighted by Gasteiger charge is 2.34. The van der Waals surface area contributed by atoms with E-state index in [-0.39, 0.29) is 23.1 Å². The van der Waals surface area contributed by atoms with Crippen molar-refractivity contribution in [1.29, 1.82) is 0 Å². The zero-order valence-electron chi connectivity index (χ0n) is 17.4. The summed E-state index contributed by atoms with van der Waals surface area (Å²) in [5, 5.41) is 18.6. The summed E-state index contributed by atoms with van der Waals surface area (Å²) in [5.41, 5.74) is 0.154. The summed E-state index contributed by atoms with van der Waals surface area (Å²) in [6, 6.07) is 13.9. The van der Waals surface area contributed by atoms with Crippen LogP contribution in [0.3, 0.4) is 0 Å². The summed E-state index contributed by atoms with van der Waals surface area (Å²) >= 11 is 0. The van der Waals surface area contributed by atoms with E-state index in [4.69, 9.17) is 24.3 Å². The molecule has 2 N–H and O–H groups in total. The van der Waals surface area contributed by atoms with E-state index in [0.717, 1.165) is 12.1 Å². The smallest absolute Gasteiger partial charge is 0.416 e. The number of hydrogen-bond donors (Lipinski definition) is 2. The molecule has 2 heterocycles. The van der Waals surface area contributed by atoms with Crippen LogP contribution in [0.2, 0.25) is 0 Å². The van der Waals surface area contributed by atoms with Gasteiger partial charge in [-0.1, -0.05) is 47.6 Å². The van der Waals surface area contributed by atoms with Crippen molar-refractivity contribution in [2.75, 3.05) is 19.6 Å². The number of ketones is 1. The monoisotopic (exact) mass is 477 g/mol. The van der Waals surface area contributed by atoms with Crippen LogP contribution in [0.4, 0.5) is 13.2 Å². The number of carbonyl (C=O) groups is 3. The third-order valence-corrected chi connectivity index (χ3v) is 4.84. The van der Waals surface area contributed by atoms with E-state index in [1.54, 1.807) is 12.1 Å². The van der Waals surface area contributed by atoms with Crippen molar-refractivity contribution in [2.45, 2.75) is 12.1 Å². The minimum absolute atomic E-state index is 0.0318. The number of likely N-dealkylation sites (tertiary alicyclic amines) is 1. The number of benzene rings is 2. The Hall–Kier alpha value is -4.06. The molecule has 1 fully saturated rings. The molecule has 3 aromatic rings. The first-order chi connectivity index (χ1) is 16.0. The van der Waals surface area contributed by atoms with Crippen LogP contribution in [-0.2, 0) is 15.8 Å². The minimum Gasteiger partial charge on any atom is -0.473 e. The van der Waals surface area contributed by atoms with Crippen LogP contribution in [0.5, 0.6) is 0 Å². The van der Waals surface area contributed by atoms with E-state index in [1.165, 1.54) is 12.1 Å². The lowest BCUT2D eigenvalue weighted by Crippen LogP contribution is -2.47. The van der Waals surface area contributed by atoms with Crippen molar-refractivity contribution in [3.05, 3.63) is 71.6 Å². The Balaban J connectivity index is 0.000000481. The second kappa shape index (κ2) is 10.3. The molecular formula is C22H18F3N3O6. The van der Waals surface area contributed by atoms with Gasteiger partial charge in [-0.3, -0.25) is 9.69 Å². The molecule has 0 aliphatic carbocycles. The minimum atomic E-state index is -4.43. The number of carbonyl (C=O) groups excluding carboxylic acids is 1. The molecular weight excluding hydrogens is 459 g/mol. The first-order valence-corrected chi connectivity index (χ1v) is 9.82. The van der Waals surface area contributed by atoms with Gasteiger partial charge in [0.2, 0.25) is 11.7 Å². The van der Waals surface area contributed by atoms with Gasteiger partial charge in [-0.15, -0.1) is 0 Å². The topological polar surface area (TPSA) is 134 Å². The molecule has 4 rings (SSSR count). The summed E-state index contributed by atoms with van der Waals surface area (Å²) in [6.45, 7) is 1.47. The summed E-state index contributed by atoms with van der Waals surface area (Å²) in [5.74, 6) is -3.15. The second-order valence-corrected chi connectivity index (χ2v) is 7.33. The van der Waals surface area contributed by atoms with Crippen LogP contribution in [-0.4, -0.2) is 62.6 Å². The van der Waals surface area contributed by atoms with Crippen LogP contribution in [0.1, 0.15) is 27.7 Å². The molecule has 1 saturated heterocycles. The number of carboxylic acids is 2. The molecule has 0 atom stereocenters. The summed E-state index contributed by atoms with van der Waals surface area (Å²) in [4.78, 5) is 36.6. The van der Waals surface area contributed by atoms with Crippen molar-refractivity contribution in [2.24, 2.45) is 0 Å². The molecule has 9 nitrogen and oxygen atoms in total. The van der Waals surface area contributed by atoms with E-state index in [9.17, 15) is 18.0 Å². The fraction of sp³-hybridized carbons (Fsp3) is 0.227. The van der Waals surface area contributed by atoms with Gasteiger partial charge in [0.15, 0.2) is 5.78 Å². The van der Waals surface area contributed by atoms with E-state index in [1.807, 2.05) is 23.1 Å². The number of carboxylic acid groups (broad SMARTS) is 2. The van der Waals surface area contributed by atoms with Gasteiger partial charge < -0.3 is 14.7 Å². The van der Waals surface area contributed by atoms with Crippen molar-refractivity contribution < 1.29 is 42.3 Å². The largest absolute Gasteiger partial charge is 0.473 e. The first kappa shape index (κ1) is 24.6. The number of alkyl halides is 3. The van der Waals surface area contributed by atoms with E-state index >= 15 is 0 Å². The Morgan fingerprint density at radius 3 is 2.24 bits per heavy atom. The van der Waals surface area contributed by atoms with Crippen molar-refractivity contribution >= 4 is 17.7 Å². The maximum absolute atomic E-state index is 12.9. The van der Waals surface area contributed by atoms with Crippen LogP contribution in [0.15, 0.2) is 59.1 Å². The van der Waals surface area contributed by atoms with Crippen LogP contribution < -0.4 is 0 Å². The van der Waals surface area contributed by atoms with Gasteiger partial charge in [0.1, 0.15) is 0 Å². The van der Waals surface area contributed by atoms with E-state index in [2.05, 4.69) is 10.1 Å². The van der Waals surface area contributed by atoms with Gasteiger partial charge >= 0.3 is 18.1 Å². The van der Waals surface area contributed by atoms with Gasteiger partial charge in [0, 0.05) is 24.2 Å². The lowest BCUT2D eigenvalue weighted by molar-refractivity contribution is -0.159. The molecule has 1 aliphatic heterocycles. The highest BCUT2D eigenvalue weighted by atomic mass is 19.4. The standard InChI is InChI=1S/C20H16F3N3O2.C2H2O4/c21-20(22,23)16-8-4-7-14(9-16)18-24-19(28-25-18)15-10-26(11-15)12-17(27)13-5-2-1-3-6-13;3-1(4)2(5)6/h1-9,15H,10-12H2;(H,3,4)(H,5,6). The predicted molar refractivity (Wildman–Crippen MR) is 110 cm³/mol. The molecule has 0 amide bonds. The van der Waals surface area contributed by atoms with Crippen LogP contribution in [0, 0.1) is 0 Å².